The fourth-order valence-corrected chi connectivity index (χ4v) is 8.01. The van der Waals surface area contributed by atoms with Crippen LogP contribution in [0.1, 0.15) is 27.2 Å². The van der Waals surface area contributed by atoms with E-state index in [0.717, 1.165) is 6.42 Å². The molecular formula is C16H25Cl3N3O2PS. The Labute approximate surface area is 175 Å². The summed E-state index contributed by atoms with van der Waals surface area (Å²) in [5.41, 5.74) is 0.397. The maximum absolute atomic E-state index is 13.6. The van der Waals surface area contributed by atoms with Crippen LogP contribution >= 0.6 is 52.8 Å². The van der Waals surface area contributed by atoms with Crippen molar-refractivity contribution in [3.05, 3.63) is 27.2 Å². The van der Waals surface area contributed by atoms with Crippen molar-refractivity contribution in [1.82, 2.24) is 9.76 Å². The Kier molecular flexibility index (Phi) is 10.3. The highest BCUT2D eigenvalue weighted by Crippen LogP contribution is 2.60. The zero-order valence-electron chi connectivity index (χ0n) is 15.6. The van der Waals surface area contributed by atoms with Crippen LogP contribution in [0, 0.1) is 0 Å². The monoisotopic (exact) mass is 459 g/mol. The van der Waals surface area contributed by atoms with E-state index < -0.39 is 6.65 Å². The normalized spacial score (nSPS) is 15.6. The molecule has 0 aromatic heterocycles. The third-order valence-electron chi connectivity index (χ3n) is 3.63. The van der Waals surface area contributed by atoms with E-state index in [0.29, 0.717) is 39.7 Å². The molecule has 0 aliphatic heterocycles. The largest absolute Gasteiger partial charge is 0.383 e. The molecular weight excluding hydrogens is 436 g/mol. The van der Waals surface area contributed by atoms with Gasteiger partial charge in [0.25, 0.3) is 6.65 Å². The Morgan fingerprint density at radius 1 is 1.38 bits per heavy atom. The van der Waals surface area contributed by atoms with Gasteiger partial charge in [-0.15, -0.1) is 0 Å². The van der Waals surface area contributed by atoms with Gasteiger partial charge in [-0.1, -0.05) is 60.0 Å². The van der Waals surface area contributed by atoms with Crippen molar-refractivity contribution < 1.29 is 9.30 Å². The lowest BCUT2D eigenvalue weighted by atomic mass is 10.3. The molecule has 1 N–H and O–H groups in total. The molecule has 2 unspecified atom stereocenters. The van der Waals surface area contributed by atoms with Gasteiger partial charge in [-0.2, -0.15) is 0 Å². The Hall–Kier alpha value is 0.0600. The summed E-state index contributed by atoms with van der Waals surface area (Å²) in [5, 5.41) is 4.30. The number of aliphatic imine (C=N–C) groups is 1. The summed E-state index contributed by atoms with van der Waals surface area (Å²) < 4.78 is 20.5. The predicted octanol–water partition coefficient (Wildman–Crippen LogP) is 6.50. The standard InChI is InChI=1S/C16H25Cl3N3O2PS/c1-6-11(2)26-25(23,20-4)22(7-8-24-5)12(3)21-16-14(18)9-13(17)10-15(16)19/h9-11H,6-8H2,1-5H3,(H,20,23). The third kappa shape index (κ3) is 6.59. The number of benzene rings is 1. The number of hydrogen-bond acceptors (Lipinski definition) is 4. The average Bonchev–Trinajstić information content (AvgIpc) is 2.58. The van der Waals surface area contributed by atoms with Crippen molar-refractivity contribution >= 4 is 64.4 Å². The first-order chi connectivity index (χ1) is 12.2. The Morgan fingerprint density at radius 2 is 1.96 bits per heavy atom. The van der Waals surface area contributed by atoms with Crippen LogP contribution < -0.4 is 5.09 Å². The summed E-state index contributed by atoms with van der Waals surface area (Å²) in [6.45, 7) is 3.73. The minimum Gasteiger partial charge on any atom is -0.383 e. The minimum atomic E-state index is -2.97. The van der Waals surface area contributed by atoms with Crippen LogP contribution in [-0.4, -0.2) is 43.1 Å². The number of halogens is 3. The third-order valence-corrected chi connectivity index (χ3v) is 10.2. The van der Waals surface area contributed by atoms with Gasteiger partial charge in [0, 0.05) is 17.4 Å². The second-order valence-electron chi connectivity index (χ2n) is 5.56. The number of rotatable bonds is 9. The first kappa shape index (κ1) is 24.1. The molecule has 1 rings (SSSR count). The van der Waals surface area contributed by atoms with Crippen LogP contribution in [0.15, 0.2) is 17.1 Å². The molecule has 10 heteroatoms. The highest BCUT2D eigenvalue weighted by atomic mass is 35.5. The second kappa shape index (κ2) is 11.2. The number of nitrogens with one attached hydrogen (secondary N) is 1. The van der Waals surface area contributed by atoms with Gasteiger partial charge < -0.3 is 4.74 Å². The molecule has 0 spiro atoms. The zero-order valence-corrected chi connectivity index (χ0v) is 19.5. The van der Waals surface area contributed by atoms with E-state index in [1.54, 1.807) is 37.9 Å². The van der Waals surface area contributed by atoms with Crippen LogP contribution in [0.3, 0.4) is 0 Å². The topological polar surface area (TPSA) is 53.9 Å². The molecule has 2 atom stereocenters. The number of methoxy groups -OCH3 is 1. The summed E-state index contributed by atoms with van der Waals surface area (Å²) in [5.74, 6) is 0.529. The van der Waals surface area contributed by atoms with Gasteiger partial charge in [0.15, 0.2) is 0 Å². The van der Waals surface area contributed by atoms with E-state index in [1.807, 2.05) is 6.92 Å². The molecule has 0 radical (unpaired) electrons. The van der Waals surface area contributed by atoms with Crippen LogP contribution in [0.4, 0.5) is 5.69 Å². The molecule has 0 aliphatic carbocycles. The first-order valence-electron chi connectivity index (χ1n) is 8.12. The van der Waals surface area contributed by atoms with Gasteiger partial charge >= 0.3 is 0 Å². The van der Waals surface area contributed by atoms with Crippen molar-refractivity contribution in [2.75, 3.05) is 27.3 Å². The molecule has 0 saturated heterocycles. The first-order valence-corrected chi connectivity index (χ1v) is 12.4. The van der Waals surface area contributed by atoms with Gasteiger partial charge in [0.1, 0.15) is 11.5 Å². The highest BCUT2D eigenvalue weighted by Gasteiger charge is 2.32. The van der Waals surface area contributed by atoms with Gasteiger partial charge in [0.05, 0.1) is 23.2 Å². The molecule has 26 heavy (non-hydrogen) atoms. The van der Waals surface area contributed by atoms with Crippen LogP contribution in [-0.2, 0) is 9.30 Å². The van der Waals surface area contributed by atoms with Crippen molar-refractivity contribution in [3.8, 4) is 0 Å². The van der Waals surface area contributed by atoms with E-state index in [1.165, 1.54) is 11.4 Å². The fourth-order valence-electron chi connectivity index (χ4n) is 2.07. The average molecular weight is 461 g/mol. The smallest absolute Gasteiger partial charge is 0.293 e. The molecule has 0 heterocycles. The summed E-state index contributed by atoms with van der Waals surface area (Å²) in [6, 6.07) is 3.15. The van der Waals surface area contributed by atoms with E-state index in [4.69, 9.17) is 39.5 Å². The van der Waals surface area contributed by atoms with E-state index in [9.17, 15) is 4.57 Å². The molecule has 148 valence electrons. The molecule has 0 bridgehead atoms. The van der Waals surface area contributed by atoms with Crippen LogP contribution in [0.25, 0.3) is 0 Å². The maximum Gasteiger partial charge on any atom is 0.293 e. The SMILES string of the molecule is CCC(C)SP(=O)(NC)N(CCOC)C(C)=Nc1c(Cl)cc(Cl)cc1Cl. The predicted molar refractivity (Wildman–Crippen MR) is 117 cm³/mol. The Bertz CT molecular complexity index is 668. The number of amidine groups is 1. The van der Waals surface area contributed by atoms with Crippen LogP contribution in [0.2, 0.25) is 15.1 Å². The summed E-state index contributed by atoms with van der Waals surface area (Å²) in [4.78, 5) is 4.54. The Balaban J connectivity index is 3.32. The molecule has 1 aromatic rings. The molecule has 0 amide bonds. The molecule has 0 aliphatic rings. The number of nitrogens with zero attached hydrogens (tertiary/aromatic N) is 2. The van der Waals surface area contributed by atoms with E-state index in [-0.39, 0.29) is 5.25 Å². The van der Waals surface area contributed by atoms with Crippen molar-refractivity contribution in [3.63, 3.8) is 0 Å². The van der Waals surface area contributed by atoms with E-state index >= 15 is 0 Å². The Morgan fingerprint density at radius 3 is 2.42 bits per heavy atom. The molecule has 5 nitrogen and oxygen atoms in total. The summed E-state index contributed by atoms with van der Waals surface area (Å²) >= 11 is 19.8. The second-order valence-corrected chi connectivity index (χ2v) is 11.9. The fraction of sp³-hybridized carbons (Fsp3) is 0.562. The van der Waals surface area contributed by atoms with Gasteiger partial charge in [-0.25, -0.2) is 10.1 Å². The highest BCUT2D eigenvalue weighted by molar-refractivity contribution is 8.57. The minimum absolute atomic E-state index is 0.217. The van der Waals surface area contributed by atoms with E-state index in [2.05, 4.69) is 17.0 Å². The molecule has 1 aromatic carbocycles. The number of ether oxygens (including phenoxy) is 1. The van der Waals surface area contributed by atoms with Crippen molar-refractivity contribution in [2.24, 2.45) is 4.99 Å². The summed E-state index contributed by atoms with van der Waals surface area (Å²) in [6.07, 6.45) is 0.902. The lowest BCUT2D eigenvalue weighted by molar-refractivity contribution is 0.191. The van der Waals surface area contributed by atoms with Gasteiger partial charge in [-0.3, -0.25) is 9.24 Å². The van der Waals surface area contributed by atoms with Gasteiger partial charge in [-0.05, 0) is 32.5 Å². The van der Waals surface area contributed by atoms with Crippen molar-refractivity contribution in [1.29, 1.82) is 0 Å². The molecule has 0 saturated carbocycles. The zero-order chi connectivity index (χ0) is 19.9. The lowest BCUT2D eigenvalue weighted by Gasteiger charge is -2.33. The van der Waals surface area contributed by atoms with Gasteiger partial charge in [0.2, 0.25) is 0 Å². The quantitative estimate of drug-likeness (QED) is 0.259. The summed E-state index contributed by atoms with van der Waals surface area (Å²) in [7, 11) is 3.29. The van der Waals surface area contributed by atoms with Crippen LogP contribution in [0.5, 0.6) is 0 Å². The van der Waals surface area contributed by atoms with Crippen molar-refractivity contribution in [2.45, 2.75) is 32.4 Å². The lowest BCUT2D eigenvalue weighted by Crippen LogP contribution is -2.32. The maximum atomic E-state index is 13.6. The number of hydrogen-bond donors (Lipinski definition) is 1. The molecule has 0 fully saturated rings.